The average molecular weight is 400 g/mol. The van der Waals surface area contributed by atoms with Crippen LogP contribution >= 0.6 is 0 Å². The van der Waals surface area contributed by atoms with E-state index >= 15 is 0 Å². The molecule has 1 aliphatic rings. The number of amides is 1. The number of fused-ring (bicyclic) bond motifs is 1. The number of carbonyl (C=O) groups is 1. The van der Waals surface area contributed by atoms with E-state index in [4.69, 9.17) is 11.1 Å². The van der Waals surface area contributed by atoms with E-state index < -0.39 is 0 Å². The molecule has 4 rings (SSSR count). The van der Waals surface area contributed by atoms with Gasteiger partial charge in [-0.1, -0.05) is 35.9 Å². The summed E-state index contributed by atoms with van der Waals surface area (Å²) in [5.41, 5.74) is 11.6. The van der Waals surface area contributed by atoms with E-state index in [0.29, 0.717) is 24.3 Å². The van der Waals surface area contributed by atoms with Crippen molar-refractivity contribution in [2.75, 3.05) is 29.5 Å². The van der Waals surface area contributed by atoms with Gasteiger partial charge in [-0.15, -0.1) is 0 Å². The molecule has 7 nitrogen and oxygen atoms in total. The second-order valence-electron chi connectivity index (χ2n) is 7.41. The molecule has 0 aliphatic carbocycles. The van der Waals surface area contributed by atoms with Crippen molar-refractivity contribution in [3.8, 4) is 0 Å². The second kappa shape index (κ2) is 7.94. The molecule has 0 fully saturated rings. The van der Waals surface area contributed by atoms with Crippen molar-refractivity contribution in [3.63, 3.8) is 0 Å². The van der Waals surface area contributed by atoms with Crippen molar-refractivity contribution in [1.29, 1.82) is 5.41 Å². The van der Waals surface area contributed by atoms with Crippen LogP contribution in [0.2, 0.25) is 0 Å². The van der Waals surface area contributed by atoms with Gasteiger partial charge in [0.1, 0.15) is 18.0 Å². The van der Waals surface area contributed by atoms with Crippen LogP contribution in [0.5, 0.6) is 0 Å². The minimum absolute atomic E-state index is 0.0837. The largest absolute Gasteiger partial charge is 0.383 e. The second-order valence-corrected chi connectivity index (χ2v) is 7.41. The SMILES string of the molecule is CNc1ncnc(N)c1C(=N)c1ccc2c(c1)CCN2C(=O)Cc1cccc(C)c1. The number of nitrogen functional groups attached to an aromatic ring is 1. The summed E-state index contributed by atoms with van der Waals surface area (Å²) in [6, 6.07) is 13.8. The lowest BCUT2D eigenvalue weighted by atomic mass is 10.00. The third-order valence-corrected chi connectivity index (χ3v) is 5.37. The van der Waals surface area contributed by atoms with Crippen LogP contribution in [0.4, 0.5) is 17.3 Å². The van der Waals surface area contributed by atoms with Crippen LogP contribution < -0.4 is 16.0 Å². The maximum Gasteiger partial charge on any atom is 0.231 e. The van der Waals surface area contributed by atoms with Gasteiger partial charge in [0, 0.05) is 24.8 Å². The molecule has 0 atom stereocenters. The number of aromatic nitrogens is 2. The number of benzene rings is 2. The Balaban J connectivity index is 1.58. The first kappa shape index (κ1) is 19.6. The molecule has 152 valence electrons. The van der Waals surface area contributed by atoms with E-state index in [1.807, 2.05) is 54.3 Å². The van der Waals surface area contributed by atoms with Crippen LogP contribution in [-0.4, -0.2) is 35.2 Å². The fraction of sp³-hybridized carbons (Fsp3) is 0.217. The molecule has 0 saturated heterocycles. The van der Waals surface area contributed by atoms with E-state index in [1.54, 1.807) is 7.05 Å². The Morgan fingerprint density at radius 3 is 2.83 bits per heavy atom. The Labute approximate surface area is 175 Å². The monoisotopic (exact) mass is 400 g/mol. The predicted octanol–water partition coefficient (Wildman–Crippen LogP) is 2.96. The van der Waals surface area contributed by atoms with Gasteiger partial charge >= 0.3 is 0 Å². The van der Waals surface area contributed by atoms with E-state index in [9.17, 15) is 4.79 Å². The zero-order valence-corrected chi connectivity index (χ0v) is 17.1. The van der Waals surface area contributed by atoms with Gasteiger partial charge in [0.25, 0.3) is 0 Å². The zero-order chi connectivity index (χ0) is 21.3. The summed E-state index contributed by atoms with van der Waals surface area (Å²) in [7, 11) is 1.74. The van der Waals surface area contributed by atoms with Crippen LogP contribution in [0, 0.1) is 12.3 Å². The molecule has 2 aromatic carbocycles. The molecule has 1 aliphatic heterocycles. The molecule has 1 amide bonds. The fourth-order valence-corrected chi connectivity index (χ4v) is 3.89. The molecule has 0 radical (unpaired) electrons. The number of hydrogen-bond acceptors (Lipinski definition) is 6. The molecular weight excluding hydrogens is 376 g/mol. The van der Waals surface area contributed by atoms with Crippen LogP contribution in [0.1, 0.15) is 27.8 Å². The molecule has 2 heterocycles. The molecule has 3 aromatic rings. The van der Waals surface area contributed by atoms with Gasteiger partial charge in [-0.25, -0.2) is 9.97 Å². The zero-order valence-electron chi connectivity index (χ0n) is 17.1. The lowest BCUT2D eigenvalue weighted by Gasteiger charge is -2.18. The van der Waals surface area contributed by atoms with Gasteiger partial charge in [-0.2, -0.15) is 0 Å². The number of nitrogens with zero attached hydrogens (tertiary/aromatic N) is 3. The number of nitrogens with one attached hydrogen (secondary N) is 2. The molecule has 1 aromatic heterocycles. The molecule has 0 saturated carbocycles. The normalized spacial score (nSPS) is 12.5. The molecule has 4 N–H and O–H groups in total. The number of carbonyl (C=O) groups excluding carboxylic acids is 1. The van der Waals surface area contributed by atoms with E-state index in [2.05, 4.69) is 15.3 Å². The number of hydrogen-bond donors (Lipinski definition) is 3. The Morgan fingerprint density at radius 2 is 2.07 bits per heavy atom. The molecule has 7 heteroatoms. The number of aryl methyl sites for hydroxylation is 1. The van der Waals surface area contributed by atoms with Gasteiger partial charge in [-0.05, 0) is 36.6 Å². The van der Waals surface area contributed by atoms with Crippen LogP contribution in [-0.2, 0) is 17.6 Å². The molecule has 0 bridgehead atoms. The summed E-state index contributed by atoms with van der Waals surface area (Å²) < 4.78 is 0. The Hall–Kier alpha value is -3.74. The minimum Gasteiger partial charge on any atom is -0.383 e. The summed E-state index contributed by atoms with van der Waals surface area (Å²) in [6.07, 6.45) is 2.51. The van der Waals surface area contributed by atoms with E-state index in [-0.39, 0.29) is 17.4 Å². The van der Waals surface area contributed by atoms with Gasteiger partial charge < -0.3 is 16.0 Å². The summed E-state index contributed by atoms with van der Waals surface area (Å²) in [5, 5.41) is 11.6. The maximum atomic E-state index is 12.9. The summed E-state index contributed by atoms with van der Waals surface area (Å²) in [5.74, 6) is 0.859. The first-order valence-electron chi connectivity index (χ1n) is 9.84. The van der Waals surface area contributed by atoms with Crippen LogP contribution in [0.3, 0.4) is 0 Å². The fourth-order valence-electron chi connectivity index (χ4n) is 3.89. The number of rotatable bonds is 5. The third kappa shape index (κ3) is 3.61. The van der Waals surface area contributed by atoms with Crippen molar-refractivity contribution in [3.05, 3.63) is 76.6 Å². The summed E-state index contributed by atoms with van der Waals surface area (Å²) >= 11 is 0. The van der Waals surface area contributed by atoms with Crippen molar-refractivity contribution in [2.45, 2.75) is 19.8 Å². The minimum atomic E-state index is 0.0837. The first-order chi connectivity index (χ1) is 14.5. The highest BCUT2D eigenvalue weighted by Crippen LogP contribution is 2.31. The van der Waals surface area contributed by atoms with Gasteiger partial charge in [0.15, 0.2) is 0 Å². The van der Waals surface area contributed by atoms with E-state index in [1.165, 1.54) is 6.33 Å². The summed E-state index contributed by atoms with van der Waals surface area (Å²) in [6.45, 7) is 2.68. The smallest absolute Gasteiger partial charge is 0.231 e. The Morgan fingerprint density at radius 1 is 1.23 bits per heavy atom. The number of anilines is 3. The highest BCUT2D eigenvalue weighted by atomic mass is 16.2. The standard InChI is InChI=1S/C23H24N6O/c1-14-4-3-5-15(10-14)11-19(30)29-9-8-16-12-17(6-7-18(16)29)21(24)20-22(25)27-13-28-23(20)26-2/h3-7,10,12-13,24H,8-9,11H2,1-2H3,(H3,25,26,27,28). The lowest BCUT2D eigenvalue weighted by molar-refractivity contribution is -0.117. The van der Waals surface area contributed by atoms with Crippen LogP contribution in [0.25, 0.3) is 0 Å². The van der Waals surface area contributed by atoms with Gasteiger partial charge in [-0.3, -0.25) is 10.2 Å². The van der Waals surface area contributed by atoms with E-state index in [0.717, 1.165) is 34.4 Å². The van der Waals surface area contributed by atoms with Crippen molar-refractivity contribution in [2.24, 2.45) is 0 Å². The van der Waals surface area contributed by atoms with Crippen molar-refractivity contribution < 1.29 is 4.79 Å². The Bertz CT molecular complexity index is 1140. The van der Waals surface area contributed by atoms with Gasteiger partial charge in [0.2, 0.25) is 5.91 Å². The maximum absolute atomic E-state index is 12.9. The van der Waals surface area contributed by atoms with Crippen molar-refractivity contribution >= 4 is 28.9 Å². The quantitative estimate of drug-likeness (QED) is 0.571. The molecule has 0 unspecified atom stereocenters. The Kier molecular flexibility index (Phi) is 5.18. The van der Waals surface area contributed by atoms with Crippen molar-refractivity contribution in [1.82, 2.24) is 9.97 Å². The predicted molar refractivity (Wildman–Crippen MR) is 119 cm³/mol. The third-order valence-electron chi connectivity index (χ3n) is 5.37. The van der Waals surface area contributed by atoms with Gasteiger partial charge in [0.05, 0.1) is 17.7 Å². The highest BCUT2D eigenvalue weighted by Gasteiger charge is 2.26. The molecular formula is C23H24N6O. The topological polar surface area (TPSA) is 108 Å². The first-order valence-corrected chi connectivity index (χ1v) is 9.84. The highest BCUT2D eigenvalue weighted by molar-refractivity contribution is 6.16. The molecule has 0 spiro atoms. The lowest BCUT2D eigenvalue weighted by Crippen LogP contribution is -2.30. The average Bonchev–Trinajstić information content (AvgIpc) is 3.16. The molecule has 30 heavy (non-hydrogen) atoms. The summed E-state index contributed by atoms with van der Waals surface area (Å²) in [4.78, 5) is 22.9. The van der Waals surface area contributed by atoms with Crippen LogP contribution in [0.15, 0.2) is 48.8 Å². The number of nitrogens with two attached hydrogens (primary N) is 1.